The number of nitrogens with zero attached hydrogens (tertiary/aromatic N) is 8. The molecule has 10 nitrogen and oxygen atoms in total. The molecule has 192 valence electrons. The van der Waals surface area contributed by atoms with E-state index >= 15 is 0 Å². The molecule has 0 aliphatic carbocycles. The van der Waals surface area contributed by atoms with Crippen LogP contribution < -0.4 is 15.4 Å². The van der Waals surface area contributed by atoms with Gasteiger partial charge in [0.1, 0.15) is 34.7 Å². The lowest BCUT2D eigenvalue weighted by Gasteiger charge is -2.35. The number of hydrogen-bond donors (Lipinski definition) is 1. The van der Waals surface area contributed by atoms with Gasteiger partial charge in [-0.3, -0.25) is 14.3 Å². The smallest absolute Gasteiger partial charge is 0.147 e. The van der Waals surface area contributed by atoms with E-state index in [9.17, 15) is 5.26 Å². The van der Waals surface area contributed by atoms with Gasteiger partial charge in [0, 0.05) is 63.3 Å². The topological polar surface area (TPSA) is 121 Å². The van der Waals surface area contributed by atoms with Crippen molar-refractivity contribution >= 4 is 23.3 Å². The minimum absolute atomic E-state index is 0.418. The van der Waals surface area contributed by atoms with Gasteiger partial charge in [-0.05, 0) is 23.8 Å². The molecule has 5 rings (SSSR count). The zero-order valence-electron chi connectivity index (χ0n) is 21.4. The van der Waals surface area contributed by atoms with Crippen LogP contribution in [0.25, 0.3) is 22.6 Å². The number of pyridine rings is 1. The second kappa shape index (κ2) is 11.1. The van der Waals surface area contributed by atoms with Crippen molar-refractivity contribution in [3.05, 3.63) is 78.0 Å². The maximum Gasteiger partial charge on any atom is 0.147 e. The molecule has 1 saturated heterocycles. The molecule has 3 aromatic heterocycles. The molecule has 1 aliphatic heterocycles. The minimum atomic E-state index is 0.418. The summed E-state index contributed by atoms with van der Waals surface area (Å²) in [7, 11) is 3.40. The maximum atomic E-state index is 9.65. The Bertz CT molecular complexity index is 1520. The lowest BCUT2D eigenvalue weighted by Crippen LogP contribution is -2.46. The number of piperazine rings is 1. The molecule has 1 aliphatic rings. The Labute approximate surface area is 221 Å². The molecule has 0 spiro atoms. The number of ether oxygens (including phenoxy) is 1. The van der Waals surface area contributed by atoms with Crippen molar-refractivity contribution in [3.63, 3.8) is 0 Å². The number of benzene rings is 1. The first-order chi connectivity index (χ1) is 18.6. The van der Waals surface area contributed by atoms with Gasteiger partial charge in [-0.1, -0.05) is 18.2 Å². The van der Waals surface area contributed by atoms with E-state index in [-0.39, 0.29) is 0 Å². The molecule has 0 bridgehead atoms. The zero-order valence-corrected chi connectivity index (χ0v) is 21.4. The normalized spacial score (nSPS) is 14.8. The molecule has 2 N–H and O–H groups in total. The molecule has 10 heteroatoms. The Morgan fingerprint density at radius 3 is 2.61 bits per heavy atom. The van der Waals surface area contributed by atoms with E-state index in [0.717, 1.165) is 55.4 Å². The molecule has 1 aromatic carbocycles. The van der Waals surface area contributed by atoms with Crippen LogP contribution in [0.2, 0.25) is 0 Å². The van der Waals surface area contributed by atoms with Crippen molar-refractivity contribution in [2.75, 3.05) is 45.2 Å². The summed E-state index contributed by atoms with van der Waals surface area (Å²) in [6.07, 6.45) is 8.27. The third-order valence-electron chi connectivity index (χ3n) is 6.69. The number of fused-ring (bicyclic) bond motifs is 1. The van der Waals surface area contributed by atoms with Crippen LogP contribution in [-0.2, 0) is 6.54 Å². The second-order valence-corrected chi connectivity index (χ2v) is 8.92. The zero-order chi connectivity index (χ0) is 26.5. The summed E-state index contributed by atoms with van der Waals surface area (Å²) in [6, 6.07) is 14.2. The predicted octanol–water partition coefficient (Wildman–Crippen LogP) is 2.99. The van der Waals surface area contributed by atoms with E-state index in [1.54, 1.807) is 43.4 Å². The van der Waals surface area contributed by atoms with Crippen LogP contribution in [0.1, 0.15) is 16.8 Å². The quantitative estimate of drug-likeness (QED) is 0.379. The number of anilines is 1. The first kappa shape index (κ1) is 24.9. The monoisotopic (exact) mass is 507 g/mol. The minimum Gasteiger partial charge on any atom is -0.496 e. The molecule has 0 saturated carbocycles. The van der Waals surface area contributed by atoms with Crippen LogP contribution in [0.5, 0.6) is 5.75 Å². The molecule has 0 amide bonds. The van der Waals surface area contributed by atoms with Crippen LogP contribution >= 0.6 is 0 Å². The van der Waals surface area contributed by atoms with Gasteiger partial charge in [0.15, 0.2) is 0 Å². The van der Waals surface area contributed by atoms with Gasteiger partial charge < -0.3 is 15.4 Å². The lowest BCUT2D eigenvalue weighted by atomic mass is 10.1. The highest BCUT2D eigenvalue weighted by molar-refractivity contribution is 6.10. The number of imidazole rings is 1. The molecule has 0 unspecified atom stereocenters. The van der Waals surface area contributed by atoms with Crippen LogP contribution in [0.15, 0.2) is 66.2 Å². The third-order valence-corrected chi connectivity index (χ3v) is 6.69. The number of aliphatic imine (C=N–C) groups is 1. The summed E-state index contributed by atoms with van der Waals surface area (Å²) in [5.41, 5.74) is 11.0. The van der Waals surface area contributed by atoms with Crippen LogP contribution in [0, 0.1) is 11.3 Å². The largest absolute Gasteiger partial charge is 0.496 e. The Morgan fingerprint density at radius 2 is 1.92 bits per heavy atom. The van der Waals surface area contributed by atoms with Gasteiger partial charge in [0.2, 0.25) is 0 Å². The highest BCUT2D eigenvalue weighted by Crippen LogP contribution is 2.27. The van der Waals surface area contributed by atoms with Crippen LogP contribution in [0.3, 0.4) is 0 Å². The summed E-state index contributed by atoms with van der Waals surface area (Å²) in [5, 5.41) is 9.65. The predicted molar refractivity (Wildman–Crippen MR) is 148 cm³/mol. The van der Waals surface area contributed by atoms with Crippen molar-refractivity contribution in [1.29, 1.82) is 5.26 Å². The SMILES string of the molecule is CN=CC(=CN)c1cc(-c2cnc(N3CCN(Cc4ccccc4OC)CC3)cn2)n2c(C#N)cnc2c1. The number of hydrogen-bond acceptors (Lipinski definition) is 9. The fourth-order valence-electron chi connectivity index (χ4n) is 4.73. The fourth-order valence-corrected chi connectivity index (χ4v) is 4.73. The van der Waals surface area contributed by atoms with Crippen molar-refractivity contribution in [1.82, 2.24) is 24.3 Å². The third kappa shape index (κ3) is 4.92. The number of methoxy groups -OCH3 is 1. The molecule has 0 atom stereocenters. The average molecular weight is 508 g/mol. The first-order valence-electron chi connectivity index (χ1n) is 12.3. The van der Waals surface area contributed by atoms with Gasteiger partial charge in [-0.2, -0.15) is 5.26 Å². The average Bonchev–Trinajstić information content (AvgIpc) is 3.39. The Kier molecular flexibility index (Phi) is 7.28. The standard InChI is InChI=1S/C28H29N9O/c1-31-15-22(13-29)21-11-25(37-23(14-30)16-33-27(37)12-21)24-17-34-28(18-32-24)36-9-7-35(8-10-36)19-20-5-3-4-6-26(20)38-2/h3-6,11-13,15-18H,7-10,19,29H2,1-2H3. The fraction of sp³-hybridized carbons (Fsp3) is 0.250. The number of para-hydroxylation sites is 1. The molecular formula is C28H29N9O. The summed E-state index contributed by atoms with van der Waals surface area (Å²) in [5.74, 6) is 1.74. The van der Waals surface area contributed by atoms with Gasteiger partial charge in [0.25, 0.3) is 0 Å². The Morgan fingerprint density at radius 1 is 1.11 bits per heavy atom. The molecular weight excluding hydrogens is 478 g/mol. The van der Waals surface area contributed by atoms with Crippen LogP contribution in [0.4, 0.5) is 5.82 Å². The summed E-state index contributed by atoms with van der Waals surface area (Å²) >= 11 is 0. The van der Waals surface area contributed by atoms with E-state index < -0.39 is 0 Å². The summed E-state index contributed by atoms with van der Waals surface area (Å²) < 4.78 is 7.28. The number of nitrogens with two attached hydrogens (primary N) is 1. The van der Waals surface area contributed by atoms with E-state index in [2.05, 4.69) is 31.9 Å². The van der Waals surface area contributed by atoms with Crippen LogP contribution in [-0.4, -0.2) is 70.8 Å². The molecule has 1 fully saturated rings. The Hall–Kier alpha value is -4.75. The van der Waals surface area contributed by atoms with E-state index in [4.69, 9.17) is 20.4 Å². The molecule has 38 heavy (non-hydrogen) atoms. The highest BCUT2D eigenvalue weighted by atomic mass is 16.5. The summed E-state index contributed by atoms with van der Waals surface area (Å²) in [4.78, 5) is 22.6. The van der Waals surface area contributed by atoms with E-state index in [0.29, 0.717) is 22.7 Å². The van der Waals surface area contributed by atoms with E-state index in [1.807, 2.05) is 30.3 Å². The van der Waals surface area contributed by atoms with Gasteiger partial charge >= 0.3 is 0 Å². The number of allylic oxidation sites excluding steroid dienone is 1. The number of rotatable bonds is 7. The number of aromatic nitrogens is 4. The molecule has 0 radical (unpaired) electrons. The van der Waals surface area contributed by atoms with Gasteiger partial charge in [0.05, 0.1) is 31.4 Å². The van der Waals surface area contributed by atoms with Crippen molar-refractivity contribution in [3.8, 4) is 23.2 Å². The van der Waals surface area contributed by atoms with Gasteiger partial charge in [-0.25, -0.2) is 15.0 Å². The van der Waals surface area contributed by atoms with Crippen molar-refractivity contribution in [2.45, 2.75) is 6.54 Å². The molecule has 4 aromatic rings. The van der Waals surface area contributed by atoms with E-state index in [1.165, 1.54) is 11.8 Å². The molecule has 4 heterocycles. The maximum absolute atomic E-state index is 9.65. The Balaban J connectivity index is 1.36. The van der Waals surface area contributed by atoms with Gasteiger partial charge in [-0.15, -0.1) is 0 Å². The van der Waals surface area contributed by atoms with Crippen molar-refractivity contribution in [2.24, 2.45) is 10.7 Å². The first-order valence-corrected chi connectivity index (χ1v) is 12.3. The highest BCUT2D eigenvalue weighted by Gasteiger charge is 2.20. The second-order valence-electron chi connectivity index (χ2n) is 8.92. The number of nitriles is 1. The lowest BCUT2D eigenvalue weighted by molar-refractivity contribution is 0.245. The summed E-state index contributed by atoms with van der Waals surface area (Å²) in [6.45, 7) is 4.38. The van der Waals surface area contributed by atoms with Crippen molar-refractivity contribution < 1.29 is 4.74 Å².